The lowest BCUT2D eigenvalue weighted by Gasteiger charge is -2.22. The van der Waals surface area contributed by atoms with Crippen molar-refractivity contribution >= 4 is 5.82 Å². The Morgan fingerprint density at radius 3 is 2.94 bits per heavy atom. The minimum Gasteiger partial charge on any atom is -0.367 e. The van der Waals surface area contributed by atoms with Gasteiger partial charge in [0.2, 0.25) is 0 Å². The van der Waals surface area contributed by atoms with E-state index in [1.165, 1.54) is 37.8 Å². The SMILES string of the molecule is CN1CCC[C@@H]1c1cccnc1NC1CC1. The van der Waals surface area contributed by atoms with Gasteiger partial charge in [0, 0.05) is 23.8 Å². The van der Waals surface area contributed by atoms with Crippen molar-refractivity contribution in [3.63, 3.8) is 0 Å². The molecule has 3 rings (SSSR count). The van der Waals surface area contributed by atoms with Crippen molar-refractivity contribution in [3.05, 3.63) is 23.9 Å². The number of nitrogens with zero attached hydrogens (tertiary/aromatic N) is 2. The summed E-state index contributed by atoms with van der Waals surface area (Å²) in [6, 6.07) is 5.53. The van der Waals surface area contributed by atoms with E-state index in [2.05, 4.69) is 34.4 Å². The zero-order chi connectivity index (χ0) is 11.0. The van der Waals surface area contributed by atoms with E-state index < -0.39 is 0 Å². The molecule has 2 aliphatic rings. The van der Waals surface area contributed by atoms with Gasteiger partial charge in [-0.25, -0.2) is 4.98 Å². The summed E-state index contributed by atoms with van der Waals surface area (Å²) in [5.41, 5.74) is 1.38. The van der Waals surface area contributed by atoms with Crippen LogP contribution in [-0.4, -0.2) is 29.5 Å². The van der Waals surface area contributed by atoms with Crippen LogP contribution >= 0.6 is 0 Å². The minimum absolute atomic E-state index is 0.565. The van der Waals surface area contributed by atoms with Gasteiger partial charge < -0.3 is 5.32 Å². The molecule has 0 unspecified atom stereocenters. The Bertz CT molecular complexity index is 373. The maximum Gasteiger partial charge on any atom is 0.130 e. The second-order valence-electron chi connectivity index (χ2n) is 5.00. The first-order valence-electron chi connectivity index (χ1n) is 6.26. The summed E-state index contributed by atoms with van der Waals surface area (Å²) < 4.78 is 0. The molecule has 3 heteroatoms. The molecule has 2 heterocycles. The second kappa shape index (κ2) is 4.06. The molecule has 1 aliphatic heterocycles. The molecule has 1 saturated heterocycles. The van der Waals surface area contributed by atoms with E-state index in [1.807, 2.05) is 6.20 Å². The molecule has 0 radical (unpaired) electrons. The van der Waals surface area contributed by atoms with Crippen LogP contribution in [0, 0.1) is 0 Å². The van der Waals surface area contributed by atoms with Gasteiger partial charge in [-0.15, -0.1) is 0 Å². The quantitative estimate of drug-likeness (QED) is 0.842. The number of pyridine rings is 1. The summed E-state index contributed by atoms with van der Waals surface area (Å²) in [7, 11) is 2.21. The van der Waals surface area contributed by atoms with E-state index >= 15 is 0 Å². The van der Waals surface area contributed by atoms with Crippen LogP contribution in [0.4, 0.5) is 5.82 Å². The summed E-state index contributed by atoms with van der Waals surface area (Å²) in [6.45, 7) is 1.21. The molecule has 1 N–H and O–H groups in total. The van der Waals surface area contributed by atoms with Gasteiger partial charge in [-0.2, -0.15) is 0 Å². The summed E-state index contributed by atoms with van der Waals surface area (Å²) in [5, 5.41) is 3.54. The fourth-order valence-corrected chi connectivity index (χ4v) is 2.53. The largest absolute Gasteiger partial charge is 0.367 e. The Labute approximate surface area is 96.9 Å². The summed E-state index contributed by atoms with van der Waals surface area (Å²) in [6.07, 6.45) is 7.07. The van der Waals surface area contributed by atoms with Crippen molar-refractivity contribution in [2.75, 3.05) is 18.9 Å². The van der Waals surface area contributed by atoms with Crippen molar-refractivity contribution < 1.29 is 0 Å². The van der Waals surface area contributed by atoms with Crippen molar-refractivity contribution in [1.82, 2.24) is 9.88 Å². The average molecular weight is 217 g/mol. The van der Waals surface area contributed by atoms with Crippen LogP contribution in [0.5, 0.6) is 0 Å². The van der Waals surface area contributed by atoms with Crippen LogP contribution in [0.1, 0.15) is 37.3 Å². The predicted octanol–water partition coefficient (Wildman–Crippen LogP) is 2.42. The number of hydrogen-bond donors (Lipinski definition) is 1. The molecule has 86 valence electrons. The maximum absolute atomic E-state index is 4.50. The van der Waals surface area contributed by atoms with Crippen LogP contribution in [0.25, 0.3) is 0 Å². The summed E-state index contributed by atoms with van der Waals surface area (Å²) in [4.78, 5) is 6.94. The highest BCUT2D eigenvalue weighted by Gasteiger charge is 2.28. The summed E-state index contributed by atoms with van der Waals surface area (Å²) in [5.74, 6) is 1.11. The molecule has 1 aromatic rings. The van der Waals surface area contributed by atoms with E-state index in [1.54, 1.807) is 0 Å². The van der Waals surface area contributed by atoms with Crippen molar-refractivity contribution in [2.45, 2.75) is 37.8 Å². The molecular weight excluding hydrogens is 198 g/mol. The Kier molecular flexibility index (Phi) is 2.56. The fourth-order valence-electron chi connectivity index (χ4n) is 2.53. The molecule has 1 aromatic heterocycles. The molecule has 3 nitrogen and oxygen atoms in total. The fraction of sp³-hybridized carbons (Fsp3) is 0.615. The first-order chi connectivity index (χ1) is 7.84. The van der Waals surface area contributed by atoms with Gasteiger partial charge in [-0.1, -0.05) is 6.07 Å². The Morgan fingerprint density at radius 1 is 1.38 bits per heavy atom. The van der Waals surface area contributed by atoms with Gasteiger partial charge >= 0.3 is 0 Å². The van der Waals surface area contributed by atoms with Gasteiger partial charge in [0.05, 0.1) is 0 Å². The Morgan fingerprint density at radius 2 is 2.25 bits per heavy atom. The van der Waals surface area contributed by atoms with E-state index in [4.69, 9.17) is 0 Å². The van der Waals surface area contributed by atoms with E-state index in [9.17, 15) is 0 Å². The van der Waals surface area contributed by atoms with E-state index in [-0.39, 0.29) is 0 Å². The van der Waals surface area contributed by atoms with Gasteiger partial charge in [-0.3, -0.25) is 4.90 Å². The van der Waals surface area contributed by atoms with Crippen LogP contribution in [0.2, 0.25) is 0 Å². The highest BCUT2D eigenvalue weighted by atomic mass is 15.2. The standard InChI is InChI=1S/C13H19N3/c1-16-9-3-5-12(16)11-4-2-8-14-13(11)15-10-6-7-10/h2,4,8,10,12H,3,5-7,9H2,1H3,(H,14,15)/t12-/m1/s1. The van der Waals surface area contributed by atoms with Crippen LogP contribution in [-0.2, 0) is 0 Å². The molecule has 1 saturated carbocycles. The number of likely N-dealkylation sites (tertiary alicyclic amines) is 1. The van der Waals surface area contributed by atoms with E-state index in [0.29, 0.717) is 12.1 Å². The number of rotatable bonds is 3. The molecule has 0 bridgehead atoms. The zero-order valence-corrected chi connectivity index (χ0v) is 9.82. The molecule has 0 amide bonds. The predicted molar refractivity (Wildman–Crippen MR) is 65.5 cm³/mol. The smallest absolute Gasteiger partial charge is 0.130 e. The first kappa shape index (κ1) is 10.1. The zero-order valence-electron chi connectivity index (χ0n) is 9.82. The lowest BCUT2D eigenvalue weighted by atomic mass is 10.1. The van der Waals surface area contributed by atoms with Crippen molar-refractivity contribution in [1.29, 1.82) is 0 Å². The average Bonchev–Trinajstić information content (AvgIpc) is 3.00. The van der Waals surface area contributed by atoms with Gasteiger partial charge in [0.1, 0.15) is 5.82 Å². The molecule has 1 aliphatic carbocycles. The molecule has 1 atom stereocenters. The number of nitrogens with one attached hydrogen (secondary N) is 1. The first-order valence-corrected chi connectivity index (χ1v) is 6.26. The Hall–Kier alpha value is -1.09. The lowest BCUT2D eigenvalue weighted by Crippen LogP contribution is -2.19. The molecule has 16 heavy (non-hydrogen) atoms. The highest BCUT2D eigenvalue weighted by molar-refractivity contribution is 5.47. The third kappa shape index (κ3) is 1.92. The number of aromatic nitrogens is 1. The third-order valence-electron chi connectivity index (χ3n) is 3.64. The molecular formula is C13H19N3. The molecule has 2 fully saturated rings. The maximum atomic E-state index is 4.50. The van der Waals surface area contributed by atoms with Crippen LogP contribution in [0.15, 0.2) is 18.3 Å². The minimum atomic E-state index is 0.565. The van der Waals surface area contributed by atoms with Crippen molar-refractivity contribution in [2.24, 2.45) is 0 Å². The van der Waals surface area contributed by atoms with Gasteiger partial charge in [-0.05, 0) is 45.3 Å². The topological polar surface area (TPSA) is 28.2 Å². The third-order valence-corrected chi connectivity index (χ3v) is 3.64. The lowest BCUT2D eigenvalue weighted by molar-refractivity contribution is 0.317. The molecule has 0 spiro atoms. The van der Waals surface area contributed by atoms with E-state index in [0.717, 1.165) is 5.82 Å². The number of hydrogen-bond acceptors (Lipinski definition) is 3. The number of anilines is 1. The molecule has 0 aromatic carbocycles. The Balaban J connectivity index is 1.86. The summed E-state index contributed by atoms with van der Waals surface area (Å²) >= 11 is 0. The van der Waals surface area contributed by atoms with Crippen molar-refractivity contribution in [3.8, 4) is 0 Å². The highest BCUT2D eigenvalue weighted by Crippen LogP contribution is 2.35. The van der Waals surface area contributed by atoms with Gasteiger partial charge in [0.25, 0.3) is 0 Å². The van der Waals surface area contributed by atoms with Crippen LogP contribution < -0.4 is 5.32 Å². The van der Waals surface area contributed by atoms with Crippen LogP contribution in [0.3, 0.4) is 0 Å². The second-order valence-corrected chi connectivity index (χ2v) is 5.00. The van der Waals surface area contributed by atoms with Gasteiger partial charge in [0.15, 0.2) is 0 Å². The monoisotopic (exact) mass is 217 g/mol. The normalized spacial score (nSPS) is 25.9.